The second kappa shape index (κ2) is 9.44. The highest BCUT2D eigenvalue weighted by Crippen LogP contribution is 2.28. The monoisotopic (exact) mass is 484 g/mol. The lowest BCUT2D eigenvalue weighted by molar-refractivity contribution is -0.136. The van der Waals surface area contributed by atoms with Gasteiger partial charge in [-0.05, 0) is 65.7 Å². The number of oxazole rings is 1. The Balaban J connectivity index is 1.50. The van der Waals surface area contributed by atoms with Gasteiger partial charge in [-0.2, -0.15) is 0 Å². The van der Waals surface area contributed by atoms with E-state index in [-0.39, 0.29) is 18.0 Å². The summed E-state index contributed by atoms with van der Waals surface area (Å²) in [6.07, 6.45) is 2.61. The number of benzene rings is 3. The van der Waals surface area contributed by atoms with Gasteiger partial charge in [0.2, 0.25) is 11.8 Å². The Bertz CT molecular complexity index is 1390. The molecule has 0 aliphatic heterocycles. The standard InChI is InChI=1S/C24H15Cl2FN2O4/c25-16-7-13(8-17(26)12-16)2-6-22(30)28-19-4-3-15(11-18(19)27)24-29-20-9-14(10-23(31)32)1-5-21(20)33-24/h1-9,11-12H,10H2,(H,28,30)(H,31,32). The third kappa shape index (κ3) is 5.58. The lowest BCUT2D eigenvalue weighted by atomic mass is 10.1. The predicted molar refractivity (Wildman–Crippen MR) is 125 cm³/mol. The molecular formula is C24H15Cl2FN2O4. The maximum Gasteiger partial charge on any atom is 0.307 e. The number of anilines is 1. The molecule has 0 bridgehead atoms. The fraction of sp³-hybridized carbons (Fsp3) is 0.0417. The molecule has 0 spiro atoms. The van der Waals surface area contributed by atoms with Crippen molar-refractivity contribution in [2.75, 3.05) is 5.32 Å². The first-order valence-corrected chi connectivity index (χ1v) is 10.4. The number of amides is 1. The van der Waals surface area contributed by atoms with Gasteiger partial charge in [-0.3, -0.25) is 9.59 Å². The molecule has 9 heteroatoms. The van der Waals surface area contributed by atoms with E-state index >= 15 is 0 Å². The maximum absolute atomic E-state index is 14.6. The van der Waals surface area contributed by atoms with Crippen molar-refractivity contribution in [2.24, 2.45) is 0 Å². The Morgan fingerprint density at radius 1 is 1.06 bits per heavy atom. The lowest BCUT2D eigenvalue weighted by Crippen LogP contribution is -2.09. The molecule has 4 aromatic rings. The molecule has 0 unspecified atom stereocenters. The molecule has 0 saturated carbocycles. The van der Waals surface area contributed by atoms with Gasteiger partial charge in [-0.25, -0.2) is 9.37 Å². The molecule has 0 aliphatic rings. The van der Waals surface area contributed by atoms with Crippen LogP contribution in [0.3, 0.4) is 0 Å². The topological polar surface area (TPSA) is 92.4 Å². The summed E-state index contributed by atoms with van der Waals surface area (Å²) in [6, 6.07) is 13.9. The number of carboxylic acids is 1. The number of carbonyl (C=O) groups excluding carboxylic acids is 1. The van der Waals surface area contributed by atoms with E-state index in [2.05, 4.69) is 10.3 Å². The Labute approximate surface area is 197 Å². The van der Waals surface area contributed by atoms with Crippen LogP contribution in [0.1, 0.15) is 11.1 Å². The number of hydrogen-bond acceptors (Lipinski definition) is 4. The molecule has 4 rings (SSSR count). The molecule has 1 aromatic heterocycles. The van der Waals surface area contributed by atoms with Crippen LogP contribution >= 0.6 is 23.2 Å². The summed E-state index contributed by atoms with van der Waals surface area (Å²) in [7, 11) is 0. The van der Waals surface area contributed by atoms with Crippen LogP contribution in [0.5, 0.6) is 0 Å². The Hall–Kier alpha value is -3.68. The first kappa shape index (κ1) is 22.5. The number of fused-ring (bicyclic) bond motifs is 1. The van der Waals surface area contributed by atoms with Crippen LogP contribution in [0.15, 0.2) is 65.1 Å². The zero-order chi connectivity index (χ0) is 23.5. The molecule has 1 heterocycles. The van der Waals surface area contributed by atoms with Crippen LogP contribution in [0.25, 0.3) is 28.6 Å². The normalized spacial score (nSPS) is 11.2. The molecule has 3 aromatic carbocycles. The average Bonchev–Trinajstić information content (AvgIpc) is 3.16. The minimum Gasteiger partial charge on any atom is -0.481 e. The van der Waals surface area contributed by atoms with E-state index in [4.69, 9.17) is 32.7 Å². The molecule has 0 radical (unpaired) electrons. The van der Waals surface area contributed by atoms with Crippen LogP contribution < -0.4 is 5.32 Å². The van der Waals surface area contributed by atoms with E-state index in [9.17, 15) is 14.0 Å². The zero-order valence-electron chi connectivity index (χ0n) is 16.8. The van der Waals surface area contributed by atoms with Crippen molar-refractivity contribution in [3.63, 3.8) is 0 Å². The van der Waals surface area contributed by atoms with Crippen molar-refractivity contribution in [1.29, 1.82) is 0 Å². The van der Waals surface area contributed by atoms with E-state index in [1.807, 2.05) is 0 Å². The molecule has 6 nitrogen and oxygen atoms in total. The van der Waals surface area contributed by atoms with Crippen LogP contribution in [0.2, 0.25) is 10.0 Å². The molecule has 0 aliphatic carbocycles. The average molecular weight is 485 g/mol. The largest absolute Gasteiger partial charge is 0.481 e. The molecular weight excluding hydrogens is 470 g/mol. The molecule has 0 saturated heterocycles. The number of nitrogens with zero attached hydrogens (tertiary/aromatic N) is 1. The second-order valence-corrected chi connectivity index (χ2v) is 7.98. The molecule has 166 valence electrons. The number of aromatic nitrogens is 1. The Morgan fingerprint density at radius 3 is 2.52 bits per heavy atom. The first-order chi connectivity index (χ1) is 15.8. The van der Waals surface area contributed by atoms with Gasteiger partial charge in [0.05, 0.1) is 12.1 Å². The summed E-state index contributed by atoms with van der Waals surface area (Å²) in [4.78, 5) is 27.4. The molecule has 0 atom stereocenters. The minimum absolute atomic E-state index is 0.0163. The van der Waals surface area contributed by atoms with Crippen LogP contribution in [-0.4, -0.2) is 22.0 Å². The first-order valence-electron chi connectivity index (χ1n) is 9.63. The van der Waals surface area contributed by atoms with E-state index in [1.165, 1.54) is 24.3 Å². The van der Waals surface area contributed by atoms with Gasteiger partial charge in [0.25, 0.3) is 0 Å². The van der Waals surface area contributed by atoms with Gasteiger partial charge >= 0.3 is 5.97 Å². The maximum atomic E-state index is 14.6. The van der Waals surface area contributed by atoms with Gasteiger partial charge in [0.1, 0.15) is 11.3 Å². The predicted octanol–water partition coefficient (Wildman–Crippen LogP) is 6.22. The highest BCUT2D eigenvalue weighted by Gasteiger charge is 2.13. The van der Waals surface area contributed by atoms with Crippen LogP contribution in [0, 0.1) is 5.82 Å². The molecule has 1 amide bonds. The fourth-order valence-corrected chi connectivity index (χ4v) is 3.69. The van der Waals surface area contributed by atoms with E-state index < -0.39 is 17.7 Å². The summed E-state index contributed by atoms with van der Waals surface area (Å²) in [5.74, 6) is -1.99. The van der Waals surface area contributed by atoms with Crippen molar-refractivity contribution in [3.8, 4) is 11.5 Å². The zero-order valence-corrected chi connectivity index (χ0v) is 18.3. The van der Waals surface area contributed by atoms with Gasteiger partial charge in [0, 0.05) is 21.7 Å². The Morgan fingerprint density at radius 2 is 1.82 bits per heavy atom. The van der Waals surface area contributed by atoms with Crippen molar-refractivity contribution in [1.82, 2.24) is 4.98 Å². The highest BCUT2D eigenvalue weighted by atomic mass is 35.5. The van der Waals surface area contributed by atoms with Gasteiger partial charge < -0.3 is 14.8 Å². The number of carboxylic acid groups (broad SMARTS) is 1. The van der Waals surface area contributed by atoms with Crippen molar-refractivity contribution >= 4 is 57.9 Å². The second-order valence-electron chi connectivity index (χ2n) is 7.11. The fourth-order valence-electron chi connectivity index (χ4n) is 3.15. The highest BCUT2D eigenvalue weighted by molar-refractivity contribution is 6.34. The van der Waals surface area contributed by atoms with Crippen molar-refractivity contribution in [2.45, 2.75) is 6.42 Å². The van der Waals surface area contributed by atoms with Crippen molar-refractivity contribution < 1.29 is 23.5 Å². The summed E-state index contributed by atoms with van der Waals surface area (Å²) in [5.41, 5.74) is 2.46. The number of rotatable bonds is 6. The lowest BCUT2D eigenvalue weighted by Gasteiger charge is -2.05. The molecule has 0 fully saturated rings. The number of aliphatic carboxylic acids is 1. The van der Waals surface area contributed by atoms with Crippen LogP contribution in [0.4, 0.5) is 10.1 Å². The number of hydrogen-bond donors (Lipinski definition) is 2. The van der Waals surface area contributed by atoms with Crippen molar-refractivity contribution in [3.05, 3.63) is 87.7 Å². The quantitative estimate of drug-likeness (QED) is 0.317. The van der Waals surface area contributed by atoms with Gasteiger partial charge in [-0.15, -0.1) is 0 Å². The van der Waals surface area contributed by atoms with E-state index in [1.54, 1.807) is 42.5 Å². The summed E-state index contributed by atoms with van der Waals surface area (Å²) in [6.45, 7) is 0. The van der Waals surface area contributed by atoms with Gasteiger partial charge in [-0.1, -0.05) is 29.3 Å². The van der Waals surface area contributed by atoms with Crippen LogP contribution in [-0.2, 0) is 16.0 Å². The number of nitrogens with one attached hydrogen (secondary N) is 1. The molecule has 33 heavy (non-hydrogen) atoms. The number of carbonyl (C=O) groups is 2. The SMILES string of the molecule is O=C(O)Cc1ccc2oc(-c3ccc(NC(=O)C=Cc4cc(Cl)cc(Cl)c4)c(F)c3)nc2c1. The summed E-state index contributed by atoms with van der Waals surface area (Å²) >= 11 is 11.9. The summed E-state index contributed by atoms with van der Waals surface area (Å²) < 4.78 is 20.3. The van der Waals surface area contributed by atoms with Gasteiger partial charge in [0.15, 0.2) is 5.58 Å². The summed E-state index contributed by atoms with van der Waals surface area (Å²) in [5, 5.41) is 12.3. The molecule has 2 N–H and O–H groups in total. The Kier molecular flexibility index (Phi) is 6.44. The third-order valence-corrected chi connectivity index (χ3v) is 5.03. The smallest absolute Gasteiger partial charge is 0.307 e. The third-order valence-electron chi connectivity index (χ3n) is 4.59. The number of halogens is 3. The van der Waals surface area contributed by atoms with E-state index in [0.717, 1.165) is 0 Å². The minimum atomic E-state index is -0.955. The van der Waals surface area contributed by atoms with E-state index in [0.29, 0.717) is 37.8 Å².